The number of aliphatic hydroxyl groups is 1. The number of carboxylic acid groups (broad SMARTS) is 1. The van der Waals surface area contributed by atoms with Crippen LogP contribution in [0.3, 0.4) is 0 Å². The molecule has 1 heterocycles. The van der Waals surface area contributed by atoms with Crippen LogP contribution in [0.5, 0.6) is 0 Å². The molecule has 0 radical (unpaired) electrons. The summed E-state index contributed by atoms with van der Waals surface area (Å²) in [4.78, 5) is 22.3. The molecule has 0 aromatic carbocycles. The molecule has 0 unspecified atom stereocenters. The van der Waals surface area contributed by atoms with Crippen molar-refractivity contribution in [2.75, 3.05) is 0 Å². The molecular weight excluding hydrogens is 252 g/mol. The van der Waals surface area contributed by atoms with E-state index in [4.69, 9.17) is 5.11 Å². The molecule has 8 heteroatoms. The summed E-state index contributed by atoms with van der Waals surface area (Å²) in [6.07, 6.45) is 0.585. The van der Waals surface area contributed by atoms with E-state index in [2.05, 4.69) is 15.7 Å². The van der Waals surface area contributed by atoms with Gasteiger partial charge in [0, 0.05) is 25.4 Å². The van der Waals surface area contributed by atoms with E-state index in [0.29, 0.717) is 0 Å². The first-order chi connectivity index (χ1) is 8.81. The summed E-state index contributed by atoms with van der Waals surface area (Å²) in [7, 11) is 1.77. The molecule has 1 aromatic heterocycles. The van der Waals surface area contributed by atoms with Gasteiger partial charge in [-0.2, -0.15) is 5.10 Å². The smallest absolute Gasteiger partial charge is 0.328 e. The Labute approximate surface area is 110 Å². The van der Waals surface area contributed by atoms with E-state index in [1.165, 1.54) is 6.92 Å². The van der Waals surface area contributed by atoms with Crippen molar-refractivity contribution in [1.82, 2.24) is 20.4 Å². The van der Waals surface area contributed by atoms with E-state index in [1.54, 1.807) is 17.9 Å². The lowest BCUT2D eigenvalue weighted by Gasteiger charge is -2.17. The second kappa shape index (κ2) is 6.19. The molecule has 0 aliphatic carbocycles. The molecule has 19 heavy (non-hydrogen) atoms. The van der Waals surface area contributed by atoms with Crippen molar-refractivity contribution in [2.24, 2.45) is 7.05 Å². The Morgan fingerprint density at radius 2 is 2.16 bits per heavy atom. The molecule has 0 saturated heterocycles. The lowest BCUT2D eigenvalue weighted by atomic mass is 10.2. The topological polar surface area (TPSA) is 116 Å². The molecular formula is C11H18N4O4. The predicted molar refractivity (Wildman–Crippen MR) is 66.4 cm³/mol. The predicted octanol–water partition coefficient (Wildman–Crippen LogP) is -0.638. The number of aliphatic carboxylic acids is 1. The van der Waals surface area contributed by atoms with Crippen LogP contribution < -0.4 is 10.6 Å². The summed E-state index contributed by atoms with van der Waals surface area (Å²) in [6, 6.07) is -1.99. The van der Waals surface area contributed by atoms with E-state index < -0.39 is 24.1 Å². The number of carbonyl (C=O) groups is 2. The Balaban J connectivity index is 2.52. The van der Waals surface area contributed by atoms with Crippen LogP contribution in [0.4, 0.5) is 4.79 Å². The second-order valence-electron chi connectivity index (χ2n) is 4.30. The summed E-state index contributed by atoms with van der Waals surface area (Å²) in [6.45, 7) is 3.34. The number of amides is 2. The molecule has 1 rings (SSSR count). The van der Waals surface area contributed by atoms with Gasteiger partial charge in [-0.1, -0.05) is 0 Å². The van der Waals surface area contributed by atoms with Gasteiger partial charge in [-0.3, -0.25) is 4.68 Å². The lowest BCUT2D eigenvalue weighted by Crippen LogP contribution is -2.50. The molecule has 0 aliphatic rings. The molecule has 4 N–H and O–H groups in total. The third-order valence-corrected chi connectivity index (χ3v) is 2.59. The minimum absolute atomic E-state index is 0.234. The monoisotopic (exact) mass is 270 g/mol. The first-order valence-corrected chi connectivity index (χ1v) is 5.75. The van der Waals surface area contributed by atoms with Gasteiger partial charge in [-0.15, -0.1) is 0 Å². The Kier molecular flexibility index (Phi) is 4.87. The SMILES string of the molecule is Cc1nn(C)cc1CNC(=O)N[C@H](C(=O)O)[C@@H](C)O. The zero-order chi connectivity index (χ0) is 14.6. The molecule has 2 amide bonds. The minimum atomic E-state index is -1.34. The number of hydrogen-bond acceptors (Lipinski definition) is 4. The fourth-order valence-corrected chi connectivity index (χ4v) is 1.58. The van der Waals surface area contributed by atoms with Gasteiger partial charge in [0.1, 0.15) is 0 Å². The van der Waals surface area contributed by atoms with Crippen LogP contribution in [0, 0.1) is 6.92 Å². The highest BCUT2D eigenvalue weighted by atomic mass is 16.4. The van der Waals surface area contributed by atoms with Crippen molar-refractivity contribution in [3.8, 4) is 0 Å². The van der Waals surface area contributed by atoms with Gasteiger partial charge >= 0.3 is 12.0 Å². The molecule has 0 fully saturated rings. The standard InChI is InChI=1S/C11H18N4O4/c1-6-8(5-15(3)14-6)4-12-11(19)13-9(7(2)16)10(17)18/h5,7,9,16H,4H2,1-3H3,(H,17,18)(H2,12,13,19)/t7-,9+/m1/s1. The van der Waals surface area contributed by atoms with Crippen LogP contribution in [-0.4, -0.2) is 44.1 Å². The van der Waals surface area contributed by atoms with E-state index >= 15 is 0 Å². The molecule has 0 bridgehead atoms. The Morgan fingerprint density at radius 3 is 2.58 bits per heavy atom. The normalized spacial score (nSPS) is 13.7. The van der Waals surface area contributed by atoms with Gasteiger partial charge in [-0.05, 0) is 13.8 Å². The first-order valence-electron chi connectivity index (χ1n) is 5.75. The maximum Gasteiger partial charge on any atom is 0.328 e. The van der Waals surface area contributed by atoms with Crippen LogP contribution in [0.1, 0.15) is 18.2 Å². The number of nitrogens with zero attached hydrogens (tertiary/aromatic N) is 2. The van der Waals surface area contributed by atoms with E-state index in [0.717, 1.165) is 11.3 Å². The van der Waals surface area contributed by atoms with Gasteiger partial charge in [0.2, 0.25) is 0 Å². The Morgan fingerprint density at radius 1 is 1.53 bits per heavy atom. The zero-order valence-electron chi connectivity index (χ0n) is 11.0. The van der Waals surface area contributed by atoms with E-state index in [-0.39, 0.29) is 6.54 Å². The van der Waals surface area contributed by atoms with Gasteiger partial charge in [0.05, 0.1) is 11.8 Å². The van der Waals surface area contributed by atoms with Gasteiger partial charge < -0.3 is 20.8 Å². The highest BCUT2D eigenvalue weighted by molar-refractivity contribution is 5.82. The molecule has 0 aliphatic heterocycles. The zero-order valence-corrected chi connectivity index (χ0v) is 11.0. The lowest BCUT2D eigenvalue weighted by molar-refractivity contribution is -0.141. The van der Waals surface area contributed by atoms with Crippen molar-refractivity contribution in [3.05, 3.63) is 17.5 Å². The average molecular weight is 270 g/mol. The van der Waals surface area contributed by atoms with Crippen LogP contribution in [0.2, 0.25) is 0 Å². The van der Waals surface area contributed by atoms with Crippen molar-refractivity contribution in [2.45, 2.75) is 32.5 Å². The number of carboxylic acids is 1. The second-order valence-corrected chi connectivity index (χ2v) is 4.30. The van der Waals surface area contributed by atoms with Crippen LogP contribution >= 0.6 is 0 Å². The number of aryl methyl sites for hydroxylation is 2. The maximum atomic E-state index is 11.5. The Bertz CT molecular complexity index is 469. The number of aliphatic hydroxyl groups excluding tert-OH is 1. The molecule has 0 saturated carbocycles. The summed E-state index contributed by atoms with van der Waals surface area (Å²) >= 11 is 0. The molecule has 8 nitrogen and oxygen atoms in total. The number of rotatable bonds is 5. The number of aromatic nitrogens is 2. The van der Waals surface area contributed by atoms with Crippen molar-refractivity contribution < 1.29 is 19.8 Å². The van der Waals surface area contributed by atoms with Crippen LogP contribution in [0.25, 0.3) is 0 Å². The minimum Gasteiger partial charge on any atom is -0.480 e. The number of carbonyl (C=O) groups excluding carboxylic acids is 1. The largest absolute Gasteiger partial charge is 0.480 e. The maximum absolute atomic E-state index is 11.5. The van der Waals surface area contributed by atoms with Crippen molar-refractivity contribution in [1.29, 1.82) is 0 Å². The third kappa shape index (κ3) is 4.25. The quantitative estimate of drug-likeness (QED) is 0.568. The molecule has 1 aromatic rings. The molecule has 0 spiro atoms. The highest BCUT2D eigenvalue weighted by Gasteiger charge is 2.24. The van der Waals surface area contributed by atoms with Gasteiger partial charge in [0.25, 0.3) is 0 Å². The van der Waals surface area contributed by atoms with Gasteiger partial charge in [-0.25, -0.2) is 9.59 Å². The number of urea groups is 1. The van der Waals surface area contributed by atoms with Crippen molar-refractivity contribution in [3.63, 3.8) is 0 Å². The summed E-state index contributed by atoms with van der Waals surface area (Å²) < 4.78 is 1.63. The highest BCUT2D eigenvalue weighted by Crippen LogP contribution is 2.03. The Hall–Kier alpha value is -2.09. The molecule has 2 atom stereocenters. The fourth-order valence-electron chi connectivity index (χ4n) is 1.58. The summed E-state index contributed by atoms with van der Waals surface area (Å²) in [5.74, 6) is -1.29. The average Bonchev–Trinajstić information content (AvgIpc) is 2.61. The van der Waals surface area contributed by atoms with Crippen LogP contribution in [0.15, 0.2) is 6.20 Å². The van der Waals surface area contributed by atoms with Crippen LogP contribution in [-0.2, 0) is 18.4 Å². The van der Waals surface area contributed by atoms with Gasteiger partial charge in [0.15, 0.2) is 6.04 Å². The fraction of sp³-hybridized carbons (Fsp3) is 0.545. The number of nitrogens with one attached hydrogen (secondary N) is 2. The number of hydrogen-bond donors (Lipinski definition) is 4. The third-order valence-electron chi connectivity index (χ3n) is 2.59. The first kappa shape index (κ1) is 15.0. The van der Waals surface area contributed by atoms with E-state index in [9.17, 15) is 14.7 Å². The van der Waals surface area contributed by atoms with Crippen molar-refractivity contribution >= 4 is 12.0 Å². The summed E-state index contributed by atoms with van der Waals surface area (Å²) in [5.41, 5.74) is 1.62. The summed E-state index contributed by atoms with van der Waals surface area (Å²) in [5, 5.41) is 26.9. The van der Waals surface area contributed by atoms with E-state index in [1.807, 2.05) is 6.92 Å². The molecule has 106 valence electrons.